The molecule has 0 aromatic heterocycles. The molecule has 1 fully saturated rings. The summed E-state index contributed by atoms with van der Waals surface area (Å²) in [6, 6.07) is 3.80. The van der Waals surface area contributed by atoms with E-state index < -0.39 is 5.60 Å². The highest BCUT2D eigenvalue weighted by atomic mass is 35.5. The normalized spacial score (nSPS) is 17.0. The maximum Gasteiger partial charge on any atom is 0.179 e. The molecular weight excluding hydrogens is 290 g/mol. The average Bonchev–Trinajstić information content (AvgIpc) is 2.86. The van der Waals surface area contributed by atoms with Gasteiger partial charge in [-0.2, -0.15) is 0 Å². The van der Waals surface area contributed by atoms with Crippen LogP contribution >= 0.6 is 11.6 Å². The fourth-order valence-electron chi connectivity index (χ4n) is 2.83. The summed E-state index contributed by atoms with van der Waals surface area (Å²) in [6.07, 6.45) is 3.99. The minimum Gasteiger partial charge on any atom is -0.491 e. The van der Waals surface area contributed by atoms with E-state index in [0.29, 0.717) is 36.2 Å². The van der Waals surface area contributed by atoms with E-state index in [1.807, 2.05) is 19.1 Å². The Morgan fingerprint density at radius 2 is 2.05 bits per heavy atom. The first-order valence-corrected chi connectivity index (χ1v) is 7.88. The molecule has 4 nitrogen and oxygen atoms in total. The van der Waals surface area contributed by atoms with E-state index in [1.165, 1.54) is 0 Å². The topological polar surface area (TPSA) is 50.7 Å². The van der Waals surface area contributed by atoms with Crippen molar-refractivity contribution in [2.45, 2.75) is 44.8 Å². The summed E-state index contributed by atoms with van der Waals surface area (Å²) in [6.45, 7) is 3.74. The number of nitrogens with one attached hydrogen (secondary N) is 1. The van der Waals surface area contributed by atoms with Gasteiger partial charge in [-0.3, -0.25) is 0 Å². The lowest BCUT2D eigenvalue weighted by Crippen LogP contribution is -2.37. The van der Waals surface area contributed by atoms with Gasteiger partial charge in [0.05, 0.1) is 24.3 Å². The van der Waals surface area contributed by atoms with Gasteiger partial charge in [0.15, 0.2) is 11.5 Å². The van der Waals surface area contributed by atoms with E-state index in [-0.39, 0.29) is 0 Å². The largest absolute Gasteiger partial charge is 0.491 e. The number of hydrogen-bond donors (Lipinski definition) is 2. The molecule has 5 heteroatoms. The summed E-state index contributed by atoms with van der Waals surface area (Å²) in [5.41, 5.74) is 0.477. The molecule has 2 N–H and O–H groups in total. The van der Waals surface area contributed by atoms with Crippen LogP contribution in [0.2, 0.25) is 5.02 Å². The number of methoxy groups -OCH3 is 1. The van der Waals surface area contributed by atoms with Gasteiger partial charge in [0, 0.05) is 13.1 Å². The van der Waals surface area contributed by atoms with Crippen LogP contribution in [0.3, 0.4) is 0 Å². The molecule has 118 valence electrons. The number of halogens is 1. The van der Waals surface area contributed by atoms with Crippen molar-refractivity contribution in [1.82, 2.24) is 5.32 Å². The van der Waals surface area contributed by atoms with Gasteiger partial charge in [-0.05, 0) is 37.5 Å². The molecule has 0 aliphatic heterocycles. The third kappa shape index (κ3) is 4.25. The Bertz CT molecular complexity index is 473. The number of ether oxygens (including phenoxy) is 2. The van der Waals surface area contributed by atoms with E-state index in [1.54, 1.807) is 7.11 Å². The molecule has 1 saturated carbocycles. The smallest absolute Gasteiger partial charge is 0.179 e. The molecule has 0 bridgehead atoms. The molecule has 1 aliphatic rings. The van der Waals surface area contributed by atoms with Crippen LogP contribution < -0.4 is 14.8 Å². The molecule has 1 aromatic rings. The van der Waals surface area contributed by atoms with Crippen LogP contribution in [-0.4, -0.2) is 31.0 Å². The van der Waals surface area contributed by atoms with Crippen LogP contribution in [0.4, 0.5) is 0 Å². The average molecular weight is 314 g/mol. The van der Waals surface area contributed by atoms with Crippen LogP contribution in [0.15, 0.2) is 12.1 Å². The zero-order valence-electron chi connectivity index (χ0n) is 12.7. The lowest BCUT2D eigenvalue weighted by Gasteiger charge is -2.22. The predicted molar refractivity (Wildman–Crippen MR) is 84.3 cm³/mol. The monoisotopic (exact) mass is 313 g/mol. The molecule has 21 heavy (non-hydrogen) atoms. The van der Waals surface area contributed by atoms with Crippen molar-refractivity contribution in [3.8, 4) is 11.5 Å². The molecule has 0 heterocycles. The third-order valence-electron chi connectivity index (χ3n) is 3.89. The molecule has 0 radical (unpaired) electrons. The lowest BCUT2D eigenvalue weighted by molar-refractivity contribution is 0.0475. The summed E-state index contributed by atoms with van der Waals surface area (Å²) in [5, 5.41) is 14.2. The summed E-state index contributed by atoms with van der Waals surface area (Å²) >= 11 is 6.22. The molecule has 1 aliphatic carbocycles. The standard InChI is InChI=1S/C16H24ClNO3/c1-3-21-14-9-12(8-13(17)15(14)20-2)10-18-11-16(19)6-4-5-7-16/h8-9,18-19H,3-7,10-11H2,1-2H3. The highest BCUT2D eigenvalue weighted by Gasteiger charge is 2.30. The van der Waals surface area contributed by atoms with Crippen molar-refractivity contribution in [3.05, 3.63) is 22.7 Å². The predicted octanol–water partition coefficient (Wildman–Crippen LogP) is 3.14. The molecule has 2 rings (SSSR count). The summed E-state index contributed by atoms with van der Waals surface area (Å²) in [4.78, 5) is 0. The van der Waals surface area contributed by atoms with Crippen molar-refractivity contribution in [1.29, 1.82) is 0 Å². The molecule has 1 aromatic carbocycles. The van der Waals surface area contributed by atoms with Crippen LogP contribution in [0, 0.1) is 0 Å². The molecule has 0 saturated heterocycles. The summed E-state index contributed by atoms with van der Waals surface area (Å²) in [5.74, 6) is 1.22. The lowest BCUT2D eigenvalue weighted by atomic mass is 10.0. The van der Waals surface area contributed by atoms with Crippen LogP contribution in [0.1, 0.15) is 38.2 Å². The molecule has 0 spiro atoms. The zero-order valence-corrected chi connectivity index (χ0v) is 13.5. The molecular formula is C16H24ClNO3. The van der Waals surface area contributed by atoms with Gasteiger partial charge in [0.2, 0.25) is 0 Å². The molecule has 0 amide bonds. The van der Waals surface area contributed by atoms with Crippen LogP contribution in [-0.2, 0) is 6.54 Å². The summed E-state index contributed by atoms with van der Waals surface area (Å²) in [7, 11) is 1.58. The Balaban J connectivity index is 1.99. The zero-order chi connectivity index (χ0) is 15.3. The number of aliphatic hydroxyl groups is 1. The highest BCUT2D eigenvalue weighted by Crippen LogP contribution is 2.36. The van der Waals surface area contributed by atoms with Gasteiger partial charge in [-0.1, -0.05) is 24.4 Å². The van der Waals surface area contributed by atoms with Gasteiger partial charge < -0.3 is 19.9 Å². The fourth-order valence-corrected chi connectivity index (χ4v) is 3.14. The summed E-state index contributed by atoms with van der Waals surface area (Å²) < 4.78 is 10.8. The second-order valence-electron chi connectivity index (χ2n) is 5.58. The van der Waals surface area contributed by atoms with E-state index in [9.17, 15) is 5.11 Å². The van der Waals surface area contributed by atoms with Gasteiger partial charge >= 0.3 is 0 Å². The quantitative estimate of drug-likeness (QED) is 0.812. The maximum absolute atomic E-state index is 10.3. The van der Waals surface area contributed by atoms with Crippen molar-refractivity contribution in [3.63, 3.8) is 0 Å². The second-order valence-corrected chi connectivity index (χ2v) is 5.98. The first-order valence-electron chi connectivity index (χ1n) is 7.50. The first-order chi connectivity index (χ1) is 10.1. The van der Waals surface area contributed by atoms with Crippen molar-refractivity contribution >= 4 is 11.6 Å². The minimum absolute atomic E-state index is 0.542. The van der Waals surface area contributed by atoms with E-state index >= 15 is 0 Å². The number of rotatable bonds is 7. The van der Waals surface area contributed by atoms with Gasteiger partial charge in [-0.15, -0.1) is 0 Å². The fraction of sp³-hybridized carbons (Fsp3) is 0.625. The van der Waals surface area contributed by atoms with Crippen molar-refractivity contribution in [2.24, 2.45) is 0 Å². The molecule has 0 atom stereocenters. The van der Waals surface area contributed by atoms with Crippen LogP contribution in [0.5, 0.6) is 11.5 Å². The minimum atomic E-state index is -0.543. The van der Waals surface area contributed by atoms with Crippen molar-refractivity contribution < 1.29 is 14.6 Å². The Morgan fingerprint density at radius 1 is 1.33 bits per heavy atom. The first kappa shape index (κ1) is 16.4. The van der Waals surface area contributed by atoms with Crippen molar-refractivity contribution in [2.75, 3.05) is 20.3 Å². The van der Waals surface area contributed by atoms with E-state index in [2.05, 4.69) is 5.32 Å². The highest BCUT2D eigenvalue weighted by molar-refractivity contribution is 6.32. The Kier molecular flexibility index (Phi) is 5.73. The second kappa shape index (κ2) is 7.34. The van der Waals surface area contributed by atoms with E-state index in [0.717, 1.165) is 31.2 Å². The Hall–Kier alpha value is -0.970. The van der Waals surface area contributed by atoms with Gasteiger partial charge in [0.25, 0.3) is 0 Å². The SMILES string of the molecule is CCOc1cc(CNCC2(O)CCCC2)cc(Cl)c1OC. The van der Waals surface area contributed by atoms with Gasteiger partial charge in [-0.25, -0.2) is 0 Å². The molecule has 0 unspecified atom stereocenters. The maximum atomic E-state index is 10.3. The number of benzene rings is 1. The Labute approximate surface area is 131 Å². The third-order valence-corrected chi connectivity index (χ3v) is 4.17. The number of hydrogen-bond acceptors (Lipinski definition) is 4. The van der Waals surface area contributed by atoms with E-state index in [4.69, 9.17) is 21.1 Å². The van der Waals surface area contributed by atoms with Gasteiger partial charge in [0.1, 0.15) is 0 Å². The van der Waals surface area contributed by atoms with Crippen LogP contribution in [0.25, 0.3) is 0 Å². The Morgan fingerprint density at radius 3 is 2.67 bits per heavy atom.